The molecule has 0 aromatic carbocycles. The lowest BCUT2D eigenvalue weighted by Gasteiger charge is -2.21. The van der Waals surface area contributed by atoms with Gasteiger partial charge in [-0.05, 0) is 25.0 Å². The van der Waals surface area contributed by atoms with E-state index in [4.69, 9.17) is 8.83 Å². The van der Waals surface area contributed by atoms with Crippen LogP contribution in [0.15, 0.2) is 26.1 Å². The minimum absolute atomic E-state index is 0.0117. The Kier molecular flexibility index (Phi) is 4.30. The maximum absolute atomic E-state index is 12.3. The number of nitrogens with one attached hydrogen (secondary N) is 1. The molecule has 0 spiro atoms. The molecule has 7 nitrogen and oxygen atoms in total. The van der Waals surface area contributed by atoms with Crippen molar-refractivity contribution in [2.45, 2.75) is 56.6 Å². The number of sulfonamides is 1. The van der Waals surface area contributed by atoms with Crippen molar-refractivity contribution in [1.82, 2.24) is 14.9 Å². The second-order valence-electron chi connectivity index (χ2n) is 5.43. The van der Waals surface area contributed by atoms with Gasteiger partial charge in [-0.1, -0.05) is 26.2 Å². The van der Waals surface area contributed by atoms with E-state index in [-0.39, 0.29) is 22.8 Å². The van der Waals surface area contributed by atoms with Gasteiger partial charge in [-0.3, -0.25) is 0 Å². The van der Waals surface area contributed by atoms with Gasteiger partial charge in [0.2, 0.25) is 11.0 Å². The van der Waals surface area contributed by atoms with E-state index in [0.29, 0.717) is 12.3 Å². The van der Waals surface area contributed by atoms with E-state index in [9.17, 15) is 8.42 Å². The number of nitrogens with zero attached hydrogens (tertiary/aromatic N) is 2. The summed E-state index contributed by atoms with van der Waals surface area (Å²) in [7, 11) is -3.65. The summed E-state index contributed by atoms with van der Waals surface area (Å²) in [6, 6.07) is 2.93. The number of hydrogen-bond acceptors (Lipinski definition) is 6. The predicted octanol–water partition coefficient (Wildman–Crippen LogP) is 2.50. The lowest BCUT2D eigenvalue weighted by atomic mass is 9.96. The zero-order chi connectivity index (χ0) is 15.6. The average Bonchev–Trinajstić information content (AvgIpc) is 3.17. The van der Waals surface area contributed by atoms with Crippen molar-refractivity contribution in [3.8, 4) is 11.7 Å². The first kappa shape index (κ1) is 15.2. The molecular formula is C14H19N3O4S. The Labute approximate surface area is 129 Å². The lowest BCUT2D eigenvalue weighted by Crippen LogP contribution is -2.35. The van der Waals surface area contributed by atoms with Gasteiger partial charge in [0.05, 0.1) is 0 Å². The van der Waals surface area contributed by atoms with Gasteiger partial charge in [0.25, 0.3) is 15.9 Å². The summed E-state index contributed by atoms with van der Waals surface area (Å²) in [6.45, 7) is 1.89. The van der Waals surface area contributed by atoms with E-state index >= 15 is 0 Å². The quantitative estimate of drug-likeness (QED) is 0.907. The van der Waals surface area contributed by atoms with Crippen molar-refractivity contribution in [3.63, 3.8) is 0 Å². The van der Waals surface area contributed by atoms with Crippen LogP contribution in [0.4, 0.5) is 0 Å². The normalized spacial score (nSPS) is 17.0. The molecule has 1 aliphatic carbocycles. The monoisotopic (exact) mass is 325 g/mol. The highest BCUT2D eigenvalue weighted by Crippen LogP contribution is 2.25. The average molecular weight is 325 g/mol. The summed E-state index contributed by atoms with van der Waals surface area (Å²) in [6.07, 6.45) is 5.63. The van der Waals surface area contributed by atoms with Gasteiger partial charge in [0.1, 0.15) is 0 Å². The molecular weight excluding hydrogens is 306 g/mol. The SMILES string of the molecule is CCc1nnc(-c2ccc(S(=O)(=O)NC3CCCCC3)o2)o1. The molecule has 1 aliphatic rings. The third-order valence-corrected chi connectivity index (χ3v) is 5.15. The fourth-order valence-electron chi connectivity index (χ4n) is 2.57. The fourth-order valence-corrected chi connectivity index (χ4v) is 3.81. The molecule has 3 rings (SSSR count). The van der Waals surface area contributed by atoms with Crippen molar-refractivity contribution in [2.75, 3.05) is 0 Å². The molecule has 0 saturated heterocycles. The zero-order valence-corrected chi connectivity index (χ0v) is 13.2. The highest BCUT2D eigenvalue weighted by Gasteiger charge is 2.25. The number of hydrogen-bond donors (Lipinski definition) is 1. The molecule has 1 saturated carbocycles. The Morgan fingerprint density at radius 3 is 2.64 bits per heavy atom. The van der Waals surface area contributed by atoms with Gasteiger partial charge in [-0.25, -0.2) is 13.1 Å². The van der Waals surface area contributed by atoms with E-state index in [1.54, 1.807) is 0 Å². The van der Waals surface area contributed by atoms with Crippen LogP contribution in [0.25, 0.3) is 11.7 Å². The standard InChI is InChI=1S/C14H19N3O4S/c1-2-12-15-16-14(21-12)11-8-9-13(20-11)22(18,19)17-10-6-4-3-5-7-10/h8-10,17H,2-7H2,1H3. The van der Waals surface area contributed by atoms with Crippen LogP contribution in [-0.4, -0.2) is 24.7 Å². The van der Waals surface area contributed by atoms with E-state index < -0.39 is 10.0 Å². The van der Waals surface area contributed by atoms with Crippen LogP contribution in [0.2, 0.25) is 0 Å². The smallest absolute Gasteiger partial charge is 0.283 e. The summed E-state index contributed by atoms with van der Waals surface area (Å²) in [5.74, 6) is 0.934. The summed E-state index contributed by atoms with van der Waals surface area (Å²) in [4.78, 5) is 0. The van der Waals surface area contributed by atoms with Crippen molar-refractivity contribution < 1.29 is 17.3 Å². The number of aryl methyl sites for hydroxylation is 1. The Balaban J connectivity index is 1.76. The van der Waals surface area contributed by atoms with Crippen LogP contribution >= 0.6 is 0 Å². The Bertz CT molecular complexity index is 729. The fraction of sp³-hybridized carbons (Fsp3) is 0.571. The van der Waals surface area contributed by atoms with Crippen molar-refractivity contribution in [1.29, 1.82) is 0 Å². The molecule has 120 valence electrons. The Hall–Kier alpha value is -1.67. The summed E-state index contributed by atoms with van der Waals surface area (Å²) in [5, 5.41) is 7.56. The molecule has 2 aromatic heterocycles. The van der Waals surface area contributed by atoms with Gasteiger partial charge in [-0.2, -0.15) is 0 Å². The molecule has 0 amide bonds. The Morgan fingerprint density at radius 1 is 1.18 bits per heavy atom. The number of furan rings is 1. The van der Waals surface area contributed by atoms with E-state index in [0.717, 1.165) is 25.7 Å². The van der Waals surface area contributed by atoms with Crippen molar-refractivity contribution >= 4 is 10.0 Å². The molecule has 0 atom stereocenters. The van der Waals surface area contributed by atoms with Gasteiger partial charge >= 0.3 is 0 Å². The predicted molar refractivity (Wildman–Crippen MR) is 78.6 cm³/mol. The molecule has 0 unspecified atom stereocenters. The molecule has 1 fully saturated rings. The van der Waals surface area contributed by atoms with Crippen LogP contribution in [0.5, 0.6) is 0 Å². The minimum Gasteiger partial charge on any atom is -0.438 e. The van der Waals surface area contributed by atoms with Crippen LogP contribution in [0.3, 0.4) is 0 Å². The number of aromatic nitrogens is 2. The summed E-state index contributed by atoms with van der Waals surface area (Å²) >= 11 is 0. The van der Waals surface area contributed by atoms with Crippen LogP contribution < -0.4 is 4.72 Å². The molecule has 1 N–H and O–H groups in total. The summed E-state index contributed by atoms with van der Waals surface area (Å²) < 4.78 is 38.1. The molecule has 2 heterocycles. The molecule has 0 bridgehead atoms. The Morgan fingerprint density at radius 2 is 1.95 bits per heavy atom. The van der Waals surface area contributed by atoms with Gasteiger partial charge in [0.15, 0.2) is 5.76 Å². The zero-order valence-electron chi connectivity index (χ0n) is 12.4. The third kappa shape index (κ3) is 3.22. The first-order valence-corrected chi connectivity index (χ1v) is 9.01. The molecule has 8 heteroatoms. The topological polar surface area (TPSA) is 98.2 Å². The molecule has 0 radical (unpaired) electrons. The van der Waals surface area contributed by atoms with Gasteiger partial charge in [0, 0.05) is 12.5 Å². The van der Waals surface area contributed by atoms with Crippen LogP contribution in [0, 0.1) is 0 Å². The minimum atomic E-state index is -3.65. The highest BCUT2D eigenvalue weighted by atomic mass is 32.2. The van der Waals surface area contributed by atoms with E-state index in [1.165, 1.54) is 18.6 Å². The third-order valence-electron chi connectivity index (χ3n) is 3.75. The molecule has 22 heavy (non-hydrogen) atoms. The molecule has 0 aliphatic heterocycles. The second kappa shape index (κ2) is 6.21. The maximum atomic E-state index is 12.3. The van der Waals surface area contributed by atoms with Crippen LogP contribution in [-0.2, 0) is 16.4 Å². The van der Waals surface area contributed by atoms with Gasteiger partial charge < -0.3 is 8.83 Å². The lowest BCUT2D eigenvalue weighted by molar-refractivity contribution is 0.398. The highest BCUT2D eigenvalue weighted by molar-refractivity contribution is 7.89. The first-order chi connectivity index (χ1) is 10.6. The van der Waals surface area contributed by atoms with Crippen LogP contribution in [0.1, 0.15) is 44.9 Å². The summed E-state index contributed by atoms with van der Waals surface area (Å²) in [5.41, 5.74) is 0. The van der Waals surface area contributed by atoms with Gasteiger partial charge in [-0.15, -0.1) is 10.2 Å². The number of rotatable bonds is 5. The maximum Gasteiger partial charge on any atom is 0.283 e. The van der Waals surface area contributed by atoms with E-state index in [1.807, 2.05) is 6.92 Å². The molecule has 2 aromatic rings. The van der Waals surface area contributed by atoms with Crippen molar-refractivity contribution in [2.24, 2.45) is 0 Å². The van der Waals surface area contributed by atoms with E-state index in [2.05, 4.69) is 14.9 Å². The first-order valence-electron chi connectivity index (χ1n) is 7.53. The second-order valence-corrected chi connectivity index (χ2v) is 7.07. The van der Waals surface area contributed by atoms with Crippen molar-refractivity contribution in [3.05, 3.63) is 18.0 Å². The largest absolute Gasteiger partial charge is 0.438 e.